The Balaban J connectivity index is 1.47. The molecule has 0 radical (unpaired) electrons. The monoisotopic (exact) mass is 391 g/mol. The van der Waals surface area contributed by atoms with Crippen molar-refractivity contribution in [3.63, 3.8) is 0 Å². The molecular formula is C24H29N3O2. The van der Waals surface area contributed by atoms with Gasteiger partial charge in [0.15, 0.2) is 0 Å². The maximum Gasteiger partial charge on any atom is 0.253 e. The lowest BCUT2D eigenvalue weighted by molar-refractivity contribution is -0.118. The number of nitrogens with zero attached hydrogens (tertiary/aromatic N) is 3. The maximum absolute atomic E-state index is 12.8. The molecule has 2 aromatic carbocycles. The third kappa shape index (κ3) is 3.92. The van der Waals surface area contributed by atoms with Crippen LogP contribution in [0.1, 0.15) is 36.2 Å². The third-order valence-corrected chi connectivity index (χ3v) is 6.15. The number of benzene rings is 2. The molecule has 0 unspecified atom stereocenters. The van der Waals surface area contributed by atoms with Gasteiger partial charge in [-0.15, -0.1) is 0 Å². The van der Waals surface area contributed by atoms with Crippen LogP contribution >= 0.6 is 0 Å². The quantitative estimate of drug-likeness (QED) is 0.802. The van der Waals surface area contributed by atoms with Crippen molar-refractivity contribution in [1.82, 2.24) is 9.80 Å². The fourth-order valence-electron chi connectivity index (χ4n) is 4.29. The Labute approximate surface area is 172 Å². The molecule has 29 heavy (non-hydrogen) atoms. The molecule has 0 aromatic heterocycles. The molecule has 1 fully saturated rings. The zero-order valence-electron chi connectivity index (χ0n) is 17.4. The first kappa shape index (κ1) is 19.6. The number of fused-ring (bicyclic) bond motifs is 1. The second-order valence-corrected chi connectivity index (χ2v) is 7.80. The Morgan fingerprint density at radius 1 is 0.862 bits per heavy atom. The second kappa shape index (κ2) is 8.37. The zero-order chi connectivity index (χ0) is 20.4. The van der Waals surface area contributed by atoms with E-state index in [-0.39, 0.29) is 11.8 Å². The number of rotatable bonds is 4. The van der Waals surface area contributed by atoms with Crippen LogP contribution in [0.25, 0.3) is 11.1 Å². The van der Waals surface area contributed by atoms with Crippen LogP contribution < -0.4 is 4.90 Å². The summed E-state index contributed by atoms with van der Waals surface area (Å²) in [6.45, 7) is 9.38. The van der Waals surface area contributed by atoms with Crippen LogP contribution in [0.5, 0.6) is 0 Å². The molecule has 0 bridgehead atoms. The summed E-state index contributed by atoms with van der Waals surface area (Å²) in [6, 6.07) is 14.2. The molecule has 2 amide bonds. The summed E-state index contributed by atoms with van der Waals surface area (Å²) in [7, 11) is 0. The van der Waals surface area contributed by atoms with Crippen LogP contribution in [-0.2, 0) is 11.2 Å². The standard InChI is InChI=1S/C24H29N3O2/c1-3-23(28)27-12-11-21-17-20(9-10-22(21)27)18-5-7-19(8-6-18)24(29)26-15-13-25(4-2)14-16-26/h5-10,17H,3-4,11-16H2,1-2H3. The van der Waals surface area contributed by atoms with Gasteiger partial charge in [0.2, 0.25) is 5.91 Å². The van der Waals surface area contributed by atoms with Gasteiger partial charge in [0.1, 0.15) is 0 Å². The third-order valence-electron chi connectivity index (χ3n) is 6.15. The van der Waals surface area contributed by atoms with Gasteiger partial charge >= 0.3 is 0 Å². The van der Waals surface area contributed by atoms with Crippen LogP contribution in [0, 0.1) is 0 Å². The van der Waals surface area contributed by atoms with E-state index in [9.17, 15) is 9.59 Å². The van der Waals surface area contributed by atoms with Crippen molar-refractivity contribution in [3.05, 3.63) is 53.6 Å². The van der Waals surface area contributed by atoms with Gasteiger partial charge in [0.05, 0.1) is 0 Å². The van der Waals surface area contributed by atoms with Gasteiger partial charge in [0, 0.05) is 50.4 Å². The van der Waals surface area contributed by atoms with E-state index in [2.05, 4.69) is 30.0 Å². The molecule has 1 saturated heterocycles. The SMILES string of the molecule is CCC(=O)N1CCc2cc(-c3ccc(C(=O)N4CCN(CC)CC4)cc3)ccc21. The van der Waals surface area contributed by atoms with Gasteiger partial charge in [-0.1, -0.05) is 32.0 Å². The van der Waals surface area contributed by atoms with Gasteiger partial charge in [-0.3, -0.25) is 9.59 Å². The smallest absolute Gasteiger partial charge is 0.253 e. The predicted molar refractivity (Wildman–Crippen MR) is 116 cm³/mol. The number of hydrogen-bond acceptors (Lipinski definition) is 3. The van der Waals surface area contributed by atoms with Crippen molar-refractivity contribution < 1.29 is 9.59 Å². The average molecular weight is 392 g/mol. The summed E-state index contributed by atoms with van der Waals surface area (Å²) in [5.41, 5.74) is 5.24. The number of anilines is 1. The minimum atomic E-state index is 0.120. The van der Waals surface area contributed by atoms with E-state index in [0.29, 0.717) is 6.42 Å². The highest BCUT2D eigenvalue weighted by molar-refractivity contribution is 5.96. The van der Waals surface area contributed by atoms with Crippen LogP contribution in [0.4, 0.5) is 5.69 Å². The molecule has 2 aromatic rings. The Morgan fingerprint density at radius 2 is 1.55 bits per heavy atom. The van der Waals surface area contributed by atoms with Crippen molar-refractivity contribution in [3.8, 4) is 11.1 Å². The van der Waals surface area contributed by atoms with Crippen molar-refractivity contribution in [2.24, 2.45) is 0 Å². The number of likely N-dealkylation sites (N-methyl/N-ethyl adjacent to an activating group) is 1. The highest BCUT2D eigenvalue weighted by atomic mass is 16.2. The Hall–Kier alpha value is -2.66. The average Bonchev–Trinajstić information content (AvgIpc) is 3.21. The summed E-state index contributed by atoms with van der Waals surface area (Å²) >= 11 is 0. The first-order valence-corrected chi connectivity index (χ1v) is 10.7. The highest BCUT2D eigenvalue weighted by Crippen LogP contribution is 2.33. The lowest BCUT2D eigenvalue weighted by atomic mass is 10.00. The fraction of sp³-hybridized carbons (Fsp3) is 0.417. The van der Waals surface area contributed by atoms with E-state index < -0.39 is 0 Å². The molecule has 0 aliphatic carbocycles. The van der Waals surface area contributed by atoms with Crippen LogP contribution in [0.15, 0.2) is 42.5 Å². The molecule has 0 saturated carbocycles. The molecule has 5 heteroatoms. The van der Waals surface area contributed by atoms with Crippen molar-refractivity contribution in [2.45, 2.75) is 26.7 Å². The summed E-state index contributed by atoms with van der Waals surface area (Å²) in [6.07, 6.45) is 1.43. The van der Waals surface area contributed by atoms with E-state index in [1.165, 1.54) is 5.56 Å². The normalized spacial score (nSPS) is 16.8. The van der Waals surface area contributed by atoms with Gasteiger partial charge in [0.25, 0.3) is 5.91 Å². The topological polar surface area (TPSA) is 43.9 Å². The minimum absolute atomic E-state index is 0.120. The van der Waals surface area contributed by atoms with Crippen molar-refractivity contribution >= 4 is 17.5 Å². The van der Waals surface area contributed by atoms with Crippen LogP contribution in [0.3, 0.4) is 0 Å². The minimum Gasteiger partial charge on any atom is -0.336 e. The Kier molecular flexibility index (Phi) is 5.67. The van der Waals surface area contributed by atoms with Crippen molar-refractivity contribution in [1.29, 1.82) is 0 Å². The molecule has 0 N–H and O–H groups in total. The van der Waals surface area contributed by atoms with Gasteiger partial charge in [-0.05, 0) is 53.9 Å². The van der Waals surface area contributed by atoms with Gasteiger partial charge < -0.3 is 14.7 Å². The van der Waals surface area contributed by atoms with E-state index in [1.54, 1.807) is 0 Å². The Morgan fingerprint density at radius 3 is 2.21 bits per heavy atom. The van der Waals surface area contributed by atoms with E-state index in [4.69, 9.17) is 0 Å². The number of carbonyl (C=O) groups is 2. The van der Waals surface area contributed by atoms with Gasteiger partial charge in [-0.25, -0.2) is 0 Å². The number of hydrogen-bond donors (Lipinski definition) is 0. The van der Waals surface area contributed by atoms with E-state index in [0.717, 1.165) is 68.1 Å². The molecule has 2 heterocycles. The first-order valence-electron chi connectivity index (χ1n) is 10.7. The summed E-state index contributed by atoms with van der Waals surface area (Å²) in [5, 5.41) is 0. The molecule has 2 aliphatic rings. The molecule has 0 spiro atoms. The van der Waals surface area contributed by atoms with E-state index >= 15 is 0 Å². The first-order chi connectivity index (χ1) is 14.1. The molecule has 152 valence electrons. The molecule has 0 atom stereocenters. The molecule has 5 nitrogen and oxygen atoms in total. The Bertz CT molecular complexity index is 899. The predicted octanol–water partition coefficient (Wildman–Crippen LogP) is 3.43. The summed E-state index contributed by atoms with van der Waals surface area (Å²) in [4.78, 5) is 31.1. The number of piperazine rings is 1. The largest absolute Gasteiger partial charge is 0.336 e. The lowest BCUT2D eigenvalue weighted by Gasteiger charge is -2.34. The summed E-state index contributed by atoms with van der Waals surface area (Å²) in [5.74, 6) is 0.300. The summed E-state index contributed by atoms with van der Waals surface area (Å²) < 4.78 is 0. The fourth-order valence-corrected chi connectivity index (χ4v) is 4.29. The second-order valence-electron chi connectivity index (χ2n) is 7.80. The highest BCUT2D eigenvalue weighted by Gasteiger charge is 2.24. The van der Waals surface area contributed by atoms with Crippen molar-refractivity contribution in [2.75, 3.05) is 44.2 Å². The number of carbonyl (C=O) groups excluding carboxylic acids is 2. The van der Waals surface area contributed by atoms with E-state index in [1.807, 2.05) is 41.0 Å². The molecular weight excluding hydrogens is 362 g/mol. The van der Waals surface area contributed by atoms with Gasteiger partial charge in [-0.2, -0.15) is 0 Å². The lowest BCUT2D eigenvalue weighted by Crippen LogP contribution is -2.48. The van der Waals surface area contributed by atoms with Crippen LogP contribution in [-0.4, -0.2) is 60.9 Å². The van der Waals surface area contributed by atoms with Crippen LogP contribution in [0.2, 0.25) is 0 Å². The molecule has 2 aliphatic heterocycles. The molecule has 4 rings (SSSR count). The maximum atomic E-state index is 12.8. The number of amides is 2. The zero-order valence-corrected chi connectivity index (χ0v) is 17.4.